The van der Waals surface area contributed by atoms with Crippen molar-refractivity contribution in [2.45, 2.75) is 6.42 Å². The van der Waals surface area contributed by atoms with Crippen LogP contribution in [0.1, 0.15) is 11.3 Å². The number of phenols is 1. The zero-order chi connectivity index (χ0) is 9.80. The Morgan fingerprint density at radius 3 is 2.71 bits per heavy atom. The third kappa shape index (κ3) is 1.85. The number of rotatable bonds is 2. The maximum Gasteiger partial charge on any atom is 0.119 e. The Kier molecular flexibility index (Phi) is 2.36. The minimum absolute atomic E-state index is 0.283. The van der Waals surface area contributed by atoms with Crippen LogP contribution in [0.5, 0.6) is 5.75 Å². The van der Waals surface area contributed by atoms with E-state index < -0.39 is 0 Å². The molecule has 0 saturated carbocycles. The van der Waals surface area contributed by atoms with Gasteiger partial charge in [-0.25, -0.2) is 0 Å². The second kappa shape index (κ2) is 3.83. The lowest BCUT2D eigenvalue weighted by Gasteiger charge is -2.01. The van der Waals surface area contributed by atoms with Crippen LogP contribution >= 0.6 is 0 Å². The maximum absolute atomic E-state index is 9.51. The molecule has 0 saturated heterocycles. The average molecular weight is 187 g/mol. The molecule has 14 heavy (non-hydrogen) atoms. The highest BCUT2D eigenvalue weighted by Gasteiger charge is 2.01. The first-order valence-electron chi connectivity index (χ1n) is 4.26. The molecule has 0 fully saturated rings. The highest BCUT2D eigenvalue weighted by molar-refractivity contribution is 5.34. The SMILES string of the molecule is Oc1ccccc1Cc1ccnnn1. The van der Waals surface area contributed by atoms with Gasteiger partial charge in [-0.3, -0.25) is 0 Å². The van der Waals surface area contributed by atoms with E-state index in [2.05, 4.69) is 15.4 Å². The van der Waals surface area contributed by atoms with Crippen LogP contribution in [0.4, 0.5) is 0 Å². The van der Waals surface area contributed by atoms with Gasteiger partial charge in [0.2, 0.25) is 0 Å². The molecule has 0 aliphatic heterocycles. The topological polar surface area (TPSA) is 58.9 Å². The normalized spacial score (nSPS) is 10.0. The van der Waals surface area contributed by atoms with Crippen molar-refractivity contribution in [1.29, 1.82) is 0 Å². The molecule has 4 heteroatoms. The highest BCUT2D eigenvalue weighted by atomic mass is 16.3. The number of hydrogen-bond donors (Lipinski definition) is 1. The van der Waals surface area contributed by atoms with Crippen molar-refractivity contribution < 1.29 is 5.11 Å². The summed E-state index contributed by atoms with van der Waals surface area (Å²) < 4.78 is 0. The zero-order valence-corrected chi connectivity index (χ0v) is 7.46. The first kappa shape index (κ1) is 8.62. The summed E-state index contributed by atoms with van der Waals surface area (Å²) in [4.78, 5) is 0. The van der Waals surface area contributed by atoms with Crippen LogP contribution in [-0.2, 0) is 6.42 Å². The van der Waals surface area contributed by atoms with Crippen LogP contribution in [0.25, 0.3) is 0 Å². The lowest BCUT2D eigenvalue weighted by molar-refractivity contribution is 0.469. The molecular formula is C10H9N3O. The second-order valence-electron chi connectivity index (χ2n) is 2.92. The van der Waals surface area contributed by atoms with E-state index in [-0.39, 0.29) is 5.75 Å². The molecule has 0 bridgehead atoms. The van der Waals surface area contributed by atoms with Gasteiger partial charge >= 0.3 is 0 Å². The number of phenolic OH excluding ortho intramolecular Hbond substituents is 1. The highest BCUT2D eigenvalue weighted by Crippen LogP contribution is 2.17. The van der Waals surface area contributed by atoms with Crippen LogP contribution in [0.2, 0.25) is 0 Å². The van der Waals surface area contributed by atoms with Crippen LogP contribution < -0.4 is 0 Å². The van der Waals surface area contributed by atoms with Crippen molar-refractivity contribution in [3.8, 4) is 5.75 Å². The monoisotopic (exact) mass is 187 g/mol. The fourth-order valence-electron chi connectivity index (χ4n) is 1.22. The molecule has 70 valence electrons. The predicted molar refractivity (Wildman–Crippen MR) is 50.7 cm³/mol. The van der Waals surface area contributed by atoms with Gasteiger partial charge in [0, 0.05) is 6.42 Å². The Hall–Kier alpha value is -1.97. The predicted octanol–water partition coefficient (Wildman–Crippen LogP) is 1.17. The molecule has 2 aromatic rings. The van der Waals surface area contributed by atoms with Gasteiger partial charge in [-0.05, 0) is 22.9 Å². The molecule has 0 amide bonds. The average Bonchev–Trinajstić information content (AvgIpc) is 2.23. The van der Waals surface area contributed by atoms with Crippen molar-refractivity contribution in [3.63, 3.8) is 0 Å². The quantitative estimate of drug-likeness (QED) is 0.766. The first-order valence-corrected chi connectivity index (χ1v) is 4.26. The standard InChI is InChI=1S/C10H9N3O/c14-10-4-2-1-3-8(10)7-9-5-6-11-13-12-9/h1-6,14H,7H2. The summed E-state index contributed by atoms with van der Waals surface area (Å²) in [5.74, 6) is 0.283. The van der Waals surface area contributed by atoms with Gasteiger partial charge in [-0.1, -0.05) is 18.2 Å². The van der Waals surface area contributed by atoms with Crippen LogP contribution in [0, 0.1) is 0 Å². The Bertz CT molecular complexity index is 417. The molecule has 0 unspecified atom stereocenters. The molecule has 1 aromatic heterocycles. The molecule has 0 spiro atoms. The van der Waals surface area contributed by atoms with Gasteiger partial charge < -0.3 is 5.11 Å². The minimum Gasteiger partial charge on any atom is -0.508 e. The summed E-state index contributed by atoms with van der Waals surface area (Å²) in [5, 5.41) is 20.5. The zero-order valence-electron chi connectivity index (χ0n) is 7.46. The van der Waals surface area contributed by atoms with E-state index in [1.165, 1.54) is 0 Å². The second-order valence-corrected chi connectivity index (χ2v) is 2.92. The third-order valence-corrected chi connectivity index (χ3v) is 1.92. The largest absolute Gasteiger partial charge is 0.508 e. The first-order chi connectivity index (χ1) is 6.86. The number of hydrogen-bond acceptors (Lipinski definition) is 4. The van der Waals surface area contributed by atoms with Gasteiger partial charge in [0.05, 0.1) is 11.9 Å². The van der Waals surface area contributed by atoms with Crippen LogP contribution in [0.3, 0.4) is 0 Å². The van der Waals surface area contributed by atoms with E-state index in [0.717, 1.165) is 11.3 Å². The fourth-order valence-corrected chi connectivity index (χ4v) is 1.22. The lowest BCUT2D eigenvalue weighted by Crippen LogP contribution is -1.95. The Balaban J connectivity index is 2.24. The van der Waals surface area contributed by atoms with E-state index in [4.69, 9.17) is 0 Å². The number of aromatic hydroxyl groups is 1. The van der Waals surface area contributed by atoms with Gasteiger partial charge in [-0.15, -0.1) is 10.2 Å². The van der Waals surface area contributed by atoms with Crippen molar-refractivity contribution in [2.75, 3.05) is 0 Å². The van der Waals surface area contributed by atoms with Crippen molar-refractivity contribution >= 4 is 0 Å². The van der Waals surface area contributed by atoms with Crippen molar-refractivity contribution in [3.05, 3.63) is 47.8 Å². The van der Waals surface area contributed by atoms with E-state index in [0.29, 0.717) is 6.42 Å². The molecule has 4 nitrogen and oxygen atoms in total. The van der Waals surface area contributed by atoms with Gasteiger partial charge in [0.15, 0.2) is 0 Å². The van der Waals surface area contributed by atoms with E-state index in [9.17, 15) is 5.11 Å². The fraction of sp³-hybridized carbons (Fsp3) is 0.100. The number of para-hydroxylation sites is 1. The molecule has 0 atom stereocenters. The van der Waals surface area contributed by atoms with Crippen molar-refractivity contribution in [1.82, 2.24) is 15.4 Å². The van der Waals surface area contributed by atoms with Gasteiger partial charge in [0.25, 0.3) is 0 Å². The van der Waals surface area contributed by atoms with Crippen LogP contribution in [-0.4, -0.2) is 20.5 Å². The molecule has 1 heterocycles. The number of aromatic nitrogens is 3. The van der Waals surface area contributed by atoms with Gasteiger partial charge in [-0.2, -0.15) is 0 Å². The minimum atomic E-state index is 0.283. The van der Waals surface area contributed by atoms with E-state index in [1.807, 2.05) is 12.1 Å². The summed E-state index contributed by atoms with van der Waals surface area (Å²) in [7, 11) is 0. The lowest BCUT2D eigenvalue weighted by atomic mass is 10.1. The van der Waals surface area contributed by atoms with Crippen molar-refractivity contribution in [2.24, 2.45) is 0 Å². The third-order valence-electron chi connectivity index (χ3n) is 1.92. The number of nitrogens with zero attached hydrogens (tertiary/aromatic N) is 3. The number of benzene rings is 1. The summed E-state index contributed by atoms with van der Waals surface area (Å²) in [6.45, 7) is 0. The smallest absolute Gasteiger partial charge is 0.119 e. The summed E-state index contributed by atoms with van der Waals surface area (Å²) in [5.41, 5.74) is 1.63. The van der Waals surface area contributed by atoms with E-state index in [1.54, 1.807) is 24.4 Å². The summed E-state index contributed by atoms with van der Waals surface area (Å²) in [6, 6.07) is 8.96. The maximum atomic E-state index is 9.51. The van der Waals surface area contributed by atoms with E-state index >= 15 is 0 Å². The Morgan fingerprint density at radius 1 is 1.14 bits per heavy atom. The molecule has 2 rings (SSSR count). The summed E-state index contributed by atoms with van der Waals surface area (Å²) >= 11 is 0. The molecule has 0 aliphatic carbocycles. The molecule has 1 N–H and O–H groups in total. The molecule has 1 aromatic carbocycles. The molecule has 0 aliphatic rings. The summed E-state index contributed by atoms with van der Waals surface area (Å²) in [6.07, 6.45) is 2.16. The molecule has 0 radical (unpaired) electrons. The Labute approximate surface area is 81.2 Å². The van der Waals surface area contributed by atoms with Crippen LogP contribution in [0.15, 0.2) is 36.5 Å². The van der Waals surface area contributed by atoms with Gasteiger partial charge in [0.1, 0.15) is 5.75 Å². The molecular weight excluding hydrogens is 178 g/mol. The Morgan fingerprint density at radius 2 is 2.00 bits per heavy atom.